The first-order valence-electron chi connectivity index (χ1n) is 3.08. The van der Waals surface area contributed by atoms with Gasteiger partial charge in [0.25, 0.3) is 0 Å². The summed E-state index contributed by atoms with van der Waals surface area (Å²) in [6.45, 7) is 3.58. The minimum atomic E-state index is -0.472. The van der Waals surface area contributed by atoms with E-state index < -0.39 is 6.10 Å². The molecule has 0 saturated heterocycles. The Kier molecular flexibility index (Phi) is 1.76. The van der Waals surface area contributed by atoms with Crippen molar-refractivity contribution in [2.24, 2.45) is 0 Å². The largest absolute Gasteiger partial charge is 0.429 e. The Morgan fingerprint density at radius 2 is 2.10 bits per heavy atom. The molecule has 10 heavy (non-hydrogen) atoms. The maximum absolute atomic E-state index is 10.8. The predicted octanol–water partition coefficient (Wildman–Crippen LogP) is 0.852. The average Bonchev–Trinajstić information content (AvgIpc) is 2.09. The molecular weight excluding hydrogens is 132 g/mol. The number of methoxy groups -OCH3 is 1. The molecule has 0 aromatic heterocycles. The van der Waals surface area contributed by atoms with Crippen LogP contribution >= 0.6 is 0 Å². The number of esters is 1. The zero-order chi connectivity index (χ0) is 7.72. The Hall–Kier alpha value is -0.830. The van der Waals surface area contributed by atoms with Gasteiger partial charge in [-0.05, 0) is 13.8 Å². The highest BCUT2D eigenvalue weighted by molar-refractivity contribution is 5.82. The van der Waals surface area contributed by atoms with Crippen LogP contribution in [0.1, 0.15) is 13.8 Å². The van der Waals surface area contributed by atoms with Crippen LogP contribution in [-0.2, 0) is 14.3 Å². The summed E-state index contributed by atoms with van der Waals surface area (Å²) in [6.07, 6.45) is -0.472. The first-order chi connectivity index (χ1) is 4.66. The topological polar surface area (TPSA) is 35.5 Å². The molecule has 0 radical (unpaired) electrons. The van der Waals surface area contributed by atoms with Crippen LogP contribution in [-0.4, -0.2) is 19.2 Å². The van der Waals surface area contributed by atoms with Gasteiger partial charge in [0.1, 0.15) is 5.76 Å². The van der Waals surface area contributed by atoms with E-state index in [-0.39, 0.29) is 5.97 Å². The quantitative estimate of drug-likeness (QED) is 0.509. The molecule has 0 fully saturated rings. The van der Waals surface area contributed by atoms with Crippen molar-refractivity contribution in [3.8, 4) is 0 Å². The number of carbonyl (C=O) groups excluding carboxylic acids is 1. The molecule has 0 aromatic carbocycles. The molecule has 0 spiro atoms. The first-order valence-corrected chi connectivity index (χ1v) is 3.08. The van der Waals surface area contributed by atoms with E-state index >= 15 is 0 Å². The van der Waals surface area contributed by atoms with Crippen molar-refractivity contribution in [1.82, 2.24) is 0 Å². The number of ether oxygens (including phenoxy) is 2. The van der Waals surface area contributed by atoms with Crippen LogP contribution < -0.4 is 0 Å². The molecule has 1 aliphatic rings. The van der Waals surface area contributed by atoms with E-state index in [0.717, 1.165) is 5.57 Å². The van der Waals surface area contributed by atoms with Crippen molar-refractivity contribution in [1.29, 1.82) is 0 Å². The molecule has 3 nitrogen and oxygen atoms in total. The second-order valence-corrected chi connectivity index (χ2v) is 2.28. The number of rotatable bonds is 1. The standard InChI is InChI=1S/C7H10O3/c1-4-5(2)10-7(8)6(4)9-3/h6H,1-3H3. The zero-order valence-corrected chi connectivity index (χ0v) is 6.30. The molecular formula is C7H10O3. The minimum absolute atomic E-state index is 0.308. The monoisotopic (exact) mass is 142 g/mol. The second kappa shape index (κ2) is 2.42. The van der Waals surface area contributed by atoms with Crippen LogP contribution in [0.5, 0.6) is 0 Å². The minimum Gasteiger partial charge on any atom is -0.429 e. The summed E-state index contributed by atoms with van der Waals surface area (Å²) < 4.78 is 9.67. The Balaban J connectivity index is 2.82. The van der Waals surface area contributed by atoms with E-state index in [1.165, 1.54) is 7.11 Å². The SMILES string of the molecule is COC1C(=O)OC(C)=C1C. The summed E-state index contributed by atoms with van der Waals surface area (Å²) in [6, 6.07) is 0. The molecule has 3 heteroatoms. The van der Waals surface area contributed by atoms with Gasteiger partial charge in [-0.3, -0.25) is 0 Å². The average molecular weight is 142 g/mol. The van der Waals surface area contributed by atoms with Crippen molar-refractivity contribution in [2.45, 2.75) is 20.0 Å². The number of hydrogen-bond acceptors (Lipinski definition) is 3. The van der Waals surface area contributed by atoms with Crippen molar-refractivity contribution in [2.75, 3.05) is 7.11 Å². The van der Waals surface area contributed by atoms with Gasteiger partial charge in [-0.1, -0.05) is 0 Å². The van der Waals surface area contributed by atoms with Crippen LogP contribution in [0.3, 0.4) is 0 Å². The molecule has 1 atom stereocenters. The van der Waals surface area contributed by atoms with Gasteiger partial charge in [0.2, 0.25) is 0 Å². The Morgan fingerprint density at radius 3 is 2.30 bits per heavy atom. The first kappa shape index (κ1) is 7.28. The van der Waals surface area contributed by atoms with Crippen molar-refractivity contribution >= 4 is 5.97 Å². The van der Waals surface area contributed by atoms with Gasteiger partial charge in [0.15, 0.2) is 6.10 Å². The lowest BCUT2D eigenvalue weighted by Crippen LogP contribution is -2.19. The Bertz CT molecular complexity index is 193. The molecule has 1 rings (SSSR count). The van der Waals surface area contributed by atoms with Crippen molar-refractivity contribution in [3.05, 3.63) is 11.3 Å². The van der Waals surface area contributed by atoms with Crippen molar-refractivity contribution < 1.29 is 14.3 Å². The van der Waals surface area contributed by atoms with Gasteiger partial charge < -0.3 is 9.47 Å². The normalized spacial score (nSPS) is 25.5. The maximum Gasteiger partial charge on any atom is 0.344 e. The third-order valence-electron chi connectivity index (χ3n) is 1.65. The van der Waals surface area contributed by atoms with Crippen LogP contribution in [0.15, 0.2) is 11.3 Å². The number of hydrogen-bond donors (Lipinski definition) is 0. The van der Waals surface area contributed by atoms with Gasteiger partial charge in [0.05, 0.1) is 0 Å². The van der Waals surface area contributed by atoms with E-state index in [1.807, 2.05) is 6.92 Å². The molecule has 1 unspecified atom stereocenters. The molecule has 0 amide bonds. The summed E-state index contributed by atoms with van der Waals surface area (Å²) in [5, 5.41) is 0. The maximum atomic E-state index is 10.8. The molecule has 0 aromatic rings. The molecule has 56 valence electrons. The summed E-state index contributed by atoms with van der Waals surface area (Å²) in [4.78, 5) is 10.8. The third-order valence-corrected chi connectivity index (χ3v) is 1.65. The third kappa shape index (κ3) is 0.926. The van der Waals surface area contributed by atoms with Gasteiger partial charge in [0, 0.05) is 12.7 Å². The number of allylic oxidation sites excluding steroid dienone is 1. The molecule has 1 aliphatic heterocycles. The molecule has 0 bridgehead atoms. The van der Waals surface area contributed by atoms with Crippen molar-refractivity contribution in [3.63, 3.8) is 0 Å². The van der Waals surface area contributed by atoms with Crippen LogP contribution in [0, 0.1) is 0 Å². The van der Waals surface area contributed by atoms with Crippen LogP contribution in [0.2, 0.25) is 0 Å². The Labute approximate surface area is 59.6 Å². The zero-order valence-electron chi connectivity index (χ0n) is 6.30. The van der Waals surface area contributed by atoms with Gasteiger partial charge in [-0.15, -0.1) is 0 Å². The lowest BCUT2D eigenvalue weighted by atomic mass is 10.2. The fraction of sp³-hybridized carbons (Fsp3) is 0.571. The number of carbonyl (C=O) groups is 1. The van der Waals surface area contributed by atoms with E-state index in [4.69, 9.17) is 9.47 Å². The van der Waals surface area contributed by atoms with Crippen LogP contribution in [0.4, 0.5) is 0 Å². The lowest BCUT2D eigenvalue weighted by Gasteiger charge is -2.02. The highest BCUT2D eigenvalue weighted by Crippen LogP contribution is 2.21. The highest BCUT2D eigenvalue weighted by Gasteiger charge is 2.30. The van der Waals surface area contributed by atoms with E-state index in [2.05, 4.69) is 0 Å². The lowest BCUT2D eigenvalue weighted by molar-refractivity contribution is -0.144. The Morgan fingerprint density at radius 1 is 1.50 bits per heavy atom. The molecule has 0 saturated carbocycles. The second-order valence-electron chi connectivity index (χ2n) is 2.28. The van der Waals surface area contributed by atoms with Gasteiger partial charge in [-0.25, -0.2) is 4.79 Å². The number of cyclic esters (lactones) is 1. The van der Waals surface area contributed by atoms with Gasteiger partial charge >= 0.3 is 5.97 Å². The summed E-state index contributed by atoms with van der Waals surface area (Å²) >= 11 is 0. The summed E-state index contributed by atoms with van der Waals surface area (Å²) in [5.41, 5.74) is 0.868. The molecule has 0 N–H and O–H groups in total. The molecule has 0 aliphatic carbocycles. The fourth-order valence-electron chi connectivity index (χ4n) is 0.919. The fourth-order valence-corrected chi connectivity index (χ4v) is 0.919. The van der Waals surface area contributed by atoms with E-state index in [1.54, 1.807) is 6.92 Å². The predicted molar refractivity (Wildman–Crippen MR) is 35.3 cm³/mol. The summed E-state index contributed by atoms with van der Waals surface area (Å²) in [5.74, 6) is 0.356. The van der Waals surface area contributed by atoms with E-state index in [0.29, 0.717) is 5.76 Å². The smallest absolute Gasteiger partial charge is 0.344 e. The highest BCUT2D eigenvalue weighted by atomic mass is 16.6. The van der Waals surface area contributed by atoms with Gasteiger partial charge in [-0.2, -0.15) is 0 Å². The van der Waals surface area contributed by atoms with E-state index in [9.17, 15) is 4.79 Å². The summed E-state index contributed by atoms with van der Waals surface area (Å²) in [7, 11) is 1.49. The molecule has 1 heterocycles. The van der Waals surface area contributed by atoms with Crippen LogP contribution in [0.25, 0.3) is 0 Å².